The zero-order valence-corrected chi connectivity index (χ0v) is 12.1. The number of carbonyl (C=O) groups excluding carboxylic acids is 2. The van der Waals surface area contributed by atoms with E-state index in [0.29, 0.717) is 44.1 Å². The highest BCUT2D eigenvalue weighted by Gasteiger charge is 2.27. The zero-order chi connectivity index (χ0) is 15.2. The quantitative estimate of drug-likeness (QED) is 0.824. The summed E-state index contributed by atoms with van der Waals surface area (Å²) in [6.07, 6.45) is 2.92. The third kappa shape index (κ3) is 4.08. The van der Waals surface area contributed by atoms with Crippen LogP contribution in [0.15, 0.2) is 23.2 Å². The van der Waals surface area contributed by atoms with Gasteiger partial charge in [0.25, 0.3) is 0 Å². The predicted octanol–water partition coefficient (Wildman–Crippen LogP) is 1.53. The lowest BCUT2D eigenvalue weighted by Gasteiger charge is -2.31. The second-order valence-corrected chi connectivity index (χ2v) is 5.05. The molecule has 7 heteroatoms. The molecule has 7 nitrogen and oxygen atoms in total. The van der Waals surface area contributed by atoms with Crippen molar-refractivity contribution in [3.05, 3.63) is 24.5 Å². The standard InChI is InChI=1S/C14H20N4O3/c1-3-6-15-14(20)18-7-4-11(5-8-18)13(19)16-12-9-10(2)21-17-12/h3,9,11H,1,4-8H2,2H3,(H,15,20)(H,16,17,19). The van der Waals surface area contributed by atoms with E-state index in [1.165, 1.54) is 0 Å². The zero-order valence-electron chi connectivity index (χ0n) is 12.1. The highest BCUT2D eigenvalue weighted by atomic mass is 16.5. The third-order valence-electron chi connectivity index (χ3n) is 3.43. The lowest BCUT2D eigenvalue weighted by Crippen LogP contribution is -2.46. The lowest BCUT2D eigenvalue weighted by atomic mass is 9.96. The number of amides is 3. The minimum atomic E-state index is -0.110. The summed E-state index contributed by atoms with van der Waals surface area (Å²) in [5.74, 6) is 0.905. The summed E-state index contributed by atoms with van der Waals surface area (Å²) < 4.78 is 4.90. The van der Waals surface area contributed by atoms with E-state index in [9.17, 15) is 9.59 Å². The Morgan fingerprint density at radius 1 is 1.52 bits per heavy atom. The van der Waals surface area contributed by atoms with Crippen molar-refractivity contribution in [3.8, 4) is 0 Å². The van der Waals surface area contributed by atoms with Gasteiger partial charge in [-0.15, -0.1) is 6.58 Å². The highest BCUT2D eigenvalue weighted by molar-refractivity contribution is 5.91. The maximum atomic E-state index is 12.1. The van der Waals surface area contributed by atoms with E-state index in [1.54, 1.807) is 24.0 Å². The number of carbonyl (C=O) groups is 2. The molecule has 0 spiro atoms. The van der Waals surface area contributed by atoms with Crippen molar-refractivity contribution in [2.45, 2.75) is 19.8 Å². The van der Waals surface area contributed by atoms with E-state index < -0.39 is 0 Å². The Morgan fingerprint density at radius 2 is 2.24 bits per heavy atom. The fourth-order valence-corrected chi connectivity index (χ4v) is 2.27. The molecule has 1 aliphatic heterocycles. The first kappa shape index (κ1) is 15.1. The number of nitrogens with zero attached hydrogens (tertiary/aromatic N) is 2. The number of aryl methyl sites for hydroxylation is 1. The molecule has 2 rings (SSSR count). The first-order valence-electron chi connectivity index (χ1n) is 6.98. The average molecular weight is 292 g/mol. The summed E-state index contributed by atoms with van der Waals surface area (Å²) in [6, 6.07) is 1.57. The molecule has 0 bridgehead atoms. The number of rotatable bonds is 4. The first-order valence-corrected chi connectivity index (χ1v) is 6.98. The summed E-state index contributed by atoms with van der Waals surface area (Å²) in [4.78, 5) is 25.6. The minimum absolute atomic E-state index is 0.0746. The maximum Gasteiger partial charge on any atom is 0.317 e. The molecule has 1 aromatic rings. The molecule has 0 saturated carbocycles. The Hall–Kier alpha value is -2.31. The van der Waals surface area contributed by atoms with Gasteiger partial charge >= 0.3 is 6.03 Å². The highest BCUT2D eigenvalue weighted by Crippen LogP contribution is 2.19. The van der Waals surface area contributed by atoms with Crippen molar-refractivity contribution in [1.82, 2.24) is 15.4 Å². The molecule has 0 aliphatic carbocycles. The van der Waals surface area contributed by atoms with E-state index in [2.05, 4.69) is 22.4 Å². The number of piperidine rings is 1. The number of aromatic nitrogens is 1. The largest absolute Gasteiger partial charge is 0.360 e. The van der Waals surface area contributed by atoms with Gasteiger partial charge in [-0.05, 0) is 19.8 Å². The van der Waals surface area contributed by atoms with Gasteiger partial charge in [-0.3, -0.25) is 4.79 Å². The molecule has 1 fully saturated rings. The van der Waals surface area contributed by atoms with Gasteiger partial charge in [0.1, 0.15) is 5.76 Å². The van der Waals surface area contributed by atoms with Crippen LogP contribution in [0.5, 0.6) is 0 Å². The van der Waals surface area contributed by atoms with Crippen molar-refractivity contribution >= 4 is 17.8 Å². The summed E-state index contributed by atoms with van der Waals surface area (Å²) >= 11 is 0. The van der Waals surface area contributed by atoms with Crippen LogP contribution in [0.3, 0.4) is 0 Å². The van der Waals surface area contributed by atoms with Crippen LogP contribution < -0.4 is 10.6 Å². The fraction of sp³-hybridized carbons (Fsp3) is 0.500. The third-order valence-corrected chi connectivity index (χ3v) is 3.43. The van der Waals surface area contributed by atoms with Gasteiger partial charge in [0.2, 0.25) is 5.91 Å². The van der Waals surface area contributed by atoms with Crippen LogP contribution >= 0.6 is 0 Å². The Balaban J connectivity index is 1.79. The molecule has 0 atom stereocenters. The van der Waals surface area contributed by atoms with Crippen LogP contribution in [0.1, 0.15) is 18.6 Å². The number of nitrogens with one attached hydrogen (secondary N) is 2. The smallest absolute Gasteiger partial charge is 0.317 e. The summed E-state index contributed by atoms with van der Waals surface area (Å²) in [7, 11) is 0. The number of likely N-dealkylation sites (tertiary alicyclic amines) is 1. The van der Waals surface area contributed by atoms with Gasteiger partial charge in [0.05, 0.1) is 0 Å². The van der Waals surface area contributed by atoms with E-state index in [4.69, 9.17) is 4.52 Å². The molecule has 114 valence electrons. The molecular weight excluding hydrogens is 272 g/mol. The molecule has 0 aromatic carbocycles. The number of hydrogen-bond donors (Lipinski definition) is 2. The molecule has 1 saturated heterocycles. The van der Waals surface area contributed by atoms with Crippen LogP contribution in [0.2, 0.25) is 0 Å². The molecule has 2 heterocycles. The molecule has 0 unspecified atom stereocenters. The molecule has 21 heavy (non-hydrogen) atoms. The van der Waals surface area contributed by atoms with Gasteiger partial charge in [0, 0.05) is 31.6 Å². The van der Waals surface area contributed by atoms with Crippen LogP contribution in [0, 0.1) is 12.8 Å². The number of hydrogen-bond acceptors (Lipinski definition) is 4. The fourth-order valence-electron chi connectivity index (χ4n) is 2.27. The van der Waals surface area contributed by atoms with Crippen molar-refractivity contribution in [3.63, 3.8) is 0 Å². The van der Waals surface area contributed by atoms with Gasteiger partial charge in [-0.25, -0.2) is 4.79 Å². The van der Waals surface area contributed by atoms with Crippen molar-refractivity contribution in [2.75, 3.05) is 25.0 Å². The summed E-state index contributed by atoms with van der Waals surface area (Å²) in [5.41, 5.74) is 0. The van der Waals surface area contributed by atoms with Crippen molar-refractivity contribution in [2.24, 2.45) is 5.92 Å². The minimum Gasteiger partial charge on any atom is -0.360 e. The van der Waals surface area contributed by atoms with Crippen molar-refractivity contribution < 1.29 is 14.1 Å². The van der Waals surface area contributed by atoms with Crippen LogP contribution in [0.25, 0.3) is 0 Å². The van der Waals surface area contributed by atoms with Crippen LogP contribution in [-0.2, 0) is 4.79 Å². The second kappa shape index (κ2) is 6.92. The van der Waals surface area contributed by atoms with Crippen LogP contribution in [0.4, 0.5) is 10.6 Å². The molecule has 2 N–H and O–H groups in total. The molecule has 0 radical (unpaired) electrons. The Bertz CT molecular complexity index is 518. The number of anilines is 1. The summed E-state index contributed by atoms with van der Waals surface area (Å²) in [5, 5.41) is 9.21. The monoisotopic (exact) mass is 292 g/mol. The van der Waals surface area contributed by atoms with E-state index in [-0.39, 0.29) is 17.9 Å². The Labute approximate surface area is 123 Å². The van der Waals surface area contributed by atoms with E-state index in [1.807, 2.05) is 0 Å². The predicted molar refractivity (Wildman–Crippen MR) is 77.8 cm³/mol. The normalized spacial score (nSPS) is 15.6. The molecule has 1 aliphatic rings. The SMILES string of the molecule is C=CCNC(=O)N1CCC(C(=O)Nc2cc(C)on2)CC1. The summed E-state index contributed by atoms with van der Waals surface area (Å²) in [6.45, 7) is 6.91. The lowest BCUT2D eigenvalue weighted by molar-refractivity contribution is -0.121. The van der Waals surface area contributed by atoms with E-state index >= 15 is 0 Å². The maximum absolute atomic E-state index is 12.1. The molecule has 3 amide bonds. The van der Waals surface area contributed by atoms with Crippen molar-refractivity contribution in [1.29, 1.82) is 0 Å². The Kier molecular flexibility index (Phi) is 4.97. The molecule has 1 aromatic heterocycles. The van der Waals surface area contributed by atoms with Crippen LogP contribution in [-0.4, -0.2) is 41.6 Å². The second-order valence-electron chi connectivity index (χ2n) is 5.05. The number of urea groups is 1. The van der Waals surface area contributed by atoms with Gasteiger partial charge in [-0.1, -0.05) is 11.2 Å². The average Bonchev–Trinajstić information content (AvgIpc) is 2.90. The molecular formula is C14H20N4O3. The van der Waals surface area contributed by atoms with Gasteiger partial charge in [-0.2, -0.15) is 0 Å². The Morgan fingerprint density at radius 3 is 2.81 bits per heavy atom. The first-order chi connectivity index (χ1) is 10.1. The van der Waals surface area contributed by atoms with Gasteiger partial charge < -0.3 is 20.1 Å². The van der Waals surface area contributed by atoms with E-state index in [0.717, 1.165) is 0 Å². The van der Waals surface area contributed by atoms with Gasteiger partial charge in [0.15, 0.2) is 5.82 Å². The topological polar surface area (TPSA) is 87.5 Å².